The van der Waals surface area contributed by atoms with Crippen LogP contribution in [-0.4, -0.2) is 89.9 Å². The molecule has 31 heavy (non-hydrogen) atoms. The molecule has 7 nitrogen and oxygen atoms in total. The van der Waals surface area contributed by atoms with E-state index in [1.165, 1.54) is 29.7 Å². The lowest BCUT2D eigenvalue weighted by atomic mass is 9.89. The molecule has 1 N–H and O–H groups in total. The molecule has 3 fully saturated rings. The second-order valence-electron chi connectivity index (χ2n) is 8.71. The lowest BCUT2D eigenvalue weighted by molar-refractivity contribution is 0.00844. The number of piperazine rings is 1. The Bertz CT molecular complexity index is 897. The van der Waals surface area contributed by atoms with Gasteiger partial charge < -0.3 is 15.1 Å². The maximum Gasteiger partial charge on any atom is 0.273 e. The Morgan fingerprint density at radius 1 is 0.935 bits per heavy atom. The van der Waals surface area contributed by atoms with Crippen molar-refractivity contribution in [1.29, 1.82) is 0 Å². The summed E-state index contributed by atoms with van der Waals surface area (Å²) < 4.78 is 0. The molecular weight excluding hydrogens is 410 g/mol. The van der Waals surface area contributed by atoms with Crippen LogP contribution in [0.4, 0.5) is 0 Å². The van der Waals surface area contributed by atoms with E-state index in [4.69, 9.17) is 0 Å². The van der Waals surface area contributed by atoms with E-state index in [0.717, 1.165) is 57.9 Å². The number of rotatable bonds is 4. The smallest absolute Gasteiger partial charge is 0.273 e. The summed E-state index contributed by atoms with van der Waals surface area (Å²) in [4.78, 5) is 35.7. The molecule has 2 amide bonds. The zero-order chi connectivity index (χ0) is 21.2. The lowest BCUT2D eigenvalue weighted by Gasteiger charge is -2.48. The second kappa shape index (κ2) is 9.06. The molecule has 164 valence electrons. The van der Waals surface area contributed by atoms with Gasteiger partial charge in [-0.2, -0.15) is 0 Å². The van der Waals surface area contributed by atoms with Crippen molar-refractivity contribution in [1.82, 2.24) is 25.0 Å². The number of nitrogens with zero attached hydrogens (tertiary/aromatic N) is 4. The first-order chi connectivity index (χ1) is 15.2. The number of carbonyl (C=O) groups excluding carboxylic acids is 2. The summed E-state index contributed by atoms with van der Waals surface area (Å²) in [5, 5.41) is 5.21. The zero-order valence-corrected chi connectivity index (χ0v) is 18.5. The van der Waals surface area contributed by atoms with Gasteiger partial charge in [-0.05, 0) is 49.5 Å². The van der Waals surface area contributed by atoms with Gasteiger partial charge in [-0.1, -0.05) is 12.1 Å². The molecule has 1 aromatic heterocycles. The molecule has 0 aliphatic carbocycles. The predicted molar refractivity (Wildman–Crippen MR) is 121 cm³/mol. The molecule has 2 aromatic rings. The van der Waals surface area contributed by atoms with Crippen LogP contribution in [0.1, 0.15) is 45.2 Å². The summed E-state index contributed by atoms with van der Waals surface area (Å²) in [7, 11) is 0. The minimum absolute atomic E-state index is 0.0271. The van der Waals surface area contributed by atoms with Crippen molar-refractivity contribution in [3.63, 3.8) is 0 Å². The zero-order valence-electron chi connectivity index (χ0n) is 17.7. The van der Waals surface area contributed by atoms with E-state index >= 15 is 0 Å². The molecule has 0 bridgehead atoms. The second-order valence-corrected chi connectivity index (χ2v) is 9.43. The average molecular weight is 440 g/mol. The number of likely N-dealkylation sites (tertiary alicyclic amines) is 1. The van der Waals surface area contributed by atoms with E-state index in [1.54, 1.807) is 5.51 Å². The fourth-order valence-corrected chi connectivity index (χ4v) is 5.38. The van der Waals surface area contributed by atoms with Gasteiger partial charge in [0.15, 0.2) is 0 Å². The molecule has 0 spiro atoms. The first kappa shape index (κ1) is 20.6. The molecule has 3 aliphatic heterocycles. The maximum absolute atomic E-state index is 12.9. The van der Waals surface area contributed by atoms with Crippen molar-refractivity contribution in [3.8, 4) is 0 Å². The van der Waals surface area contributed by atoms with Gasteiger partial charge in [-0.3, -0.25) is 14.5 Å². The predicted octanol–water partition coefficient (Wildman–Crippen LogP) is 1.89. The maximum atomic E-state index is 12.9. The Labute approximate surface area is 187 Å². The number of hydrogen-bond acceptors (Lipinski definition) is 6. The number of aromatic nitrogens is 1. The van der Waals surface area contributed by atoms with Crippen molar-refractivity contribution < 1.29 is 9.59 Å². The van der Waals surface area contributed by atoms with Crippen molar-refractivity contribution in [3.05, 3.63) is 52.0 Å². The van der Waals surface area contributed by atoms with Gasteiger partial charge >= 0.3 is 0 Å². The van der Waals surface area contributed by atoms with Crippen LogP contribution < -0.4 is 5.32 Å². The Hall–Kier alpha value is -2.29. The SMILES string of the molecule is O=C(c1ccc(C2CCNCC2)cc1)N1CC(N2CCN(C(=O)c3cscn3)CC2)C1. The van der Waals surface area contributed by atoms with Gasteiger partial charge in [0.05, 0.1) is 5.51 Å². The number of carbonyl (C=O) groups is 2. The van der Waals surface area contributed by atoms with Crippen LogP contribution in [0.5, 0.6) is 0 Å². The lowest BCUT2D eigenvalue weighted by Crippen LogP contribution is -2.64. The highest BCUT2D eigenvalue weighted by Crippen LogP contribution is 2.26. The average Bonchev–Trinajstić information content (AvgIpc) is 3.34. The molecule has 0 unspecified atom stereocenters. The van der Waals surface area contributed by atoms with Crippen LogP contribution in [0, 0.1) is 0 Å². The van der Waals surface area contributed by atoms with Crippen LogP contribution in [-0.2, 0) is 0 Å². The van der Waals surface area contributed by atoms with Crippen LogP contribution in [0.2, 0.25) is 0 Å². The van der Waals surface area contributed by atoms with E-state index in [-0.39, 0.29) is 11.8 Å². The Balaban J connectivity index is 1.09. The van der Waals surface area contributed by atoms with Crippen LogP contribution in [0.25, 0.3) is 0 Å². The molecule has 0 radical (unpaired) electrons. The molecule has 1 aromatic carbocycles. The minimum Gasteiger partial charge on any atom is -0.335 e. The Kier molecular flexibility index (Phi) is 6.02. The van der Waals surface area contributed by atoms with Crippen molar-refractivity contribution >= 4 is 23.2 Å². The van der Waals surface area contributed by atoms with Gasteiger partial charge in [-0.25, -0.2) is 4.98 Å². The monoisotopic (exact) mass is 439 g/mol. The molecular formula is C23H29N5O2S. The summed E-state index contributed by atoms with van der Waals surface area (Å²) in [6.45, 7) is 6.85. The first-order valence-electron chi connectivity index (χ1n) is 11.2. The van der Waals surface area contributed by atoms with E-state index in [9.17, 15) is 9.59 Å². The van der Waals surface area contributed by atoms with E-state index in [2.05, 4.69) is 27.3 Å². The summed E-state index contributed by atoms with van der Waals surface area (Å²) in [6.07, 6.45) is 2.34. The highest BCUT2D eigenvalue weighted by Gasteiger charge is 2.37. The molecule has 3 saturated heterocycles. The summed E-state index contributed by atoms with van der Waals surface area (Å²) in [6, 6.07) is 8.67. The van der Waals surface area contributed by atoms with Crippen LogP contribution in [0.15, 0.2) is 35.2 Å². The molecule has 8 heteroatoms. The molecule has 3 aliphatic rings. The highest BCUT2D eigenvalue weighted by atomic mass is 32.1. The number of nitrogens with one attached hydrogen (secondary N) is 1. The van der Waals surface area contributed by atoms with Crippen molar-refractivity contribution in [2.45, 2.75) is 24.8 Å². The number of thiazole rings is 1. The normalized spacial score (nSPS) is 21.2. The van der Waals surface area contributed by atoms with E-state index in [0.29, 0.717) is 17.7 Å². The number of piperidine rings is 1. The Morgan fingerprint density at radius 3 is 2.29 bits per heavy atom. The first-order valence-corrected chi connectivity index (χ1v) is 12.1. The van der Waals surface area contributed by atoms with Gasteiger partial charge in [0.1, 0.15) is 5.69 Å². The summed E-state index contributed by atoms with van der Waals surface area (Å²) in [5.41, 5.74) is 4.38. The third-order valence-electron chi connectivity index (χ3n) is 6.89. The summed E-state index contributed by atoms with van der Waals surface area (Å²) in [5.74, 6) is 0.768. The molecule has 4 heterocycles. The van der Waals surface area contributed by atoms with Gasteiger partial charge in [-0.15, -0.1) is 11.3 Å². The standard InChI is InChI=1S/C23H29N5O2S/c29-22(19-3-1-17(2-4-19)18-5-7-24-8-6-18)28-13-20(14-28)26-9-11-27(12-10-26)23(30)21-15-31-16-25-21/h1-4,15-16,18,20,24H,5-14H2. The van der Waals surface area contributed by atoms with Crippen LogP contribution >= 0.6 is 11.3 Å². The van der Waals surface area contributed by atoms with Gasteiger partial charge in [0.25, 0.3) is 11.8 Å². The molecule has 0 saturated carbocycles. The highest BCUT2D eigenvalue weighted by molar-refractivity contribution is 7.07. The number of hydrogen-bond donors (Lipinski definition) is 1. The van der Waals surface area contributed by atoms with E-state index in [1.807, 2.05) is 27.3 Å². The fraction of sp³-hybridized carbons (Fsp3) is 0.522. The number of amides is 2. The largest absolute Gasteiger partial charge is 0.335 e. The third kappa shape index (κ3) is 4.37. The quantitative estimate of drug-likeness (QED) is 0.788. The minimum atomic E-state index is 0.0271. The number of benzene rings is 1. The third-order valence-corrected chi connectivity index (χ3v) is 7.47. The summed E-state index contributed by atoms with van der Waals surface area (Å²) >= 11 is 1.45. The Morgan fingerprint density at radius 2 is 1.65 bits per heavy atom. The molecule has 0 atom stereocenters. The topological polar surface area (TPSA) is 68.8 Å². The van der Waals surface area contributed by atoms with E-state index < -0.39 is 0 Å². The van der Waals surface area contributed by atoms with Crippen molar-refractivity contribution in [2.75, 3.05) is 52.4 Å². The van der Waals surface area contributed by atoms with Gasteiger partial charge in [0, 0.05) is 56.3 Å². The fourth-order valence-electron chi connectivity index (χ4n) is 4.86. The molecule has 5 rings (SSSR count). The van der Waals surface area contributed by atoms with Crippen molar-refractivity contribution in [2.24, 2.45) is 0 Å². The van der Waals surface area contributed by atoms with Crippen LogP contribution in [0.3, 0.4) is 0 Å². The van der Waals surface area contributed by atoms with Gasteiger partial charge in [0.2, 0.25) is 0 Å².